The van der Waals surface area contributed by atoms with Crippen molar-refractivity contribution in [1.82, 2.24) is 0 Å². The molecule has 0 bridgehead atoms. The molecule has 0 atom stereocenters. The first-order chi connectivity index (χ1) is 52.1. The Bertz CT molecular complexity index is 2920. The molecule has 0 spiro atoms. The van der Waals surface area contributed by atoms with Crippen molar-refractivity contribution in [3.8, 4) is 0 Å². The molecule has 0 fully saturated rings. The minimum Gasteiger partial charge on any atom is -0.411 e. The van der Waals surface area contributed by atoms with Gasteiger partial charge in [0.1, 0.15) is 0 Å². The summed E-state index contributed by atoms with van der Waals surface area (Å²) in [6.07, 6.45) is 42.8. The Morgan fingerprint density at radius 1 is 0.202 bits per heavy atom. The fourth-order valence-corrected chi connectivity index (χ4v) is 14.0. The zero-order chi connectivity index (χ0) is 80.3. The van der Waals surface area contributed by atoms with E-state index in [1.54, 1.807) is 0 Å². The molecule has 6 rings (SSSR count). The average molecular weight is 1780 g/mol. The fourth-order valence-electron chi connectivity index (χ4n) is 12.7. The Hall–Kier alpha value is -3.33. The molecule has 0 amide bonds. The zero-order valence-electron chi connectivity index (χ0n) is 68.2. The van der Waals surface area contributed by atoms with E-state index in [0.717, 1.165) is 111 Å². The summed E-state index contributed by atoms with van der Waals surface area (Å²) >= 11 is 59.8. The van der Waals surface area contributed by atoms with Gasteiger partial charge >= 0.3 is 21.1 Å². The van der Waals surface area contributed by atoms with Gasteiger partial charge in [0, 0.05) is 34.1 Å². The molecular formula is C90H132MoN6S12. The van der Waals surface area contributed by atoms with Crippen molar-refractivity contribution >= 4 is 209 Å². The van der Waals surface area contributed by atoms with Gasteiger partial charge < -0.3 is 181 Å². The van der Waals surface area contributed by atoms with Gasteiger partial charge in [0.2, 0.25) is 0 Å². The Labute approximate surface area is 744 Å². The number of nitrogens with one attached hydrogen (secondary N) is 6. The standard InChI is InChI=1S/6C15H23NS2.Mo/c6*1-3-5-8-12-9-7-11-14(16-15(17)18)13(12)10-6-4-2;/h6*7,9,11H,3-6,8,10H2,1-2H3,(H2,16,17,18);/q;;;;;;+6/p-6. The average Bonchev–Trinajstić information content (AvgIpc) is 0.890. The first kappa shape index (κ1) is 106. The molecule has 0 aliphatic heterocycles. The van der Waals surface area contributed by atoms with Crippen LogP contribution in [-0.4, -0.2) is 25.9 Å². The summed E-state index contributed by atoms with van der Waals surface area (Å²) in [6.45, 7) is 26.7. The van der Waals surface area contributed by atoms with E-state index >= 15 is 0 Å². The third-order valence-electron chi connectivity index (χ3n) is 18.5. The predicted octanol–water partition coefficient (Wildman–Crippen LogP) is 27.7. The molecule has 6 nitrogen and oxygen atoms in total. The van der Waals surface area contributed by atoms with Crippen LogP contribution in [-0.2, 0) is 174 Å². The first-order valence-electron chi connectivity index (χ1n) is 40.6. The van der Waals surface area contributed by atoms with E-state index in [9.17, 15) is 0 Å². The molecule has 6 aromatic carbocycles. The van der Waals surface area contributed by atoms with Gasteiger partial charge in [0.25, 0.3) is 0 Å². The molecule has 0 heterocycles. The molecule has 0 saturated heterocycles. The van der Waals surface area contributed by atoms with Gasteiger partial charge in [-0.2, -0.15) is 0 Å². The molecule has 0 saturated carbocycles. The van der Waals surface area contributed by atoms with Crippen LogP contribution in [0.2, 0.25) is 0 Å². The second-order valence-electron chi connectivity index (χ2n) is 27.4. The van der Waals surface area contributed by atoms with Crippen LogP contribution in [0.1, 0.15) is 304 Å². The third-order valence-corrected chi connectivity index (χ3v) is 19.8. The quantitative estimate of drug-likeness (QED) is 0.0125. The van der Waals surface area contributed by atoms with Crippen molar-refractivity contribution in [3.05, 3.63) is 176 Å². The van der Waals surface area contributed by atoms with Crippen molar-refractivity contribution in [2.24, 2.45) is 0 Å². The normalized spacial score (nSPS) is 10.2. The number of anilines is 6. The van der Waals surface area contributed by atoms with Crippen molar-refractivity contribution < 1.29 is 21.1 Å². The summed E-state index contributed by atoms with van der Waals surface area (Å²) in [6, 6.07) is 38.5. The number of rotatable bonds is 42. The Morgan fingerprint density at radius 3 is 0.413 bits per heavy atom. The van der Waals surface area contributed by atoms with E-state index in [-0.39, 0.29) is 21.1 Å². The van der Waals surface area contributed by atoms with Gasteiger partial charge in [0.05, 0.1) is 0 Å². The van der Waals surface area contributed by atoms with Crippen molar-refractivity contribution in [3.63, 3.8) is 0 Å². The van der Waals surface area contributed by atoms with Gasteiger partial charge in [-0.3, -0.25) is 0 Å². The molecule has 6 N–H and O–H groups in total. The number of aryl methyl sites for hydroxylation is 6. The van der Waals surface area contributed by atoms with Crippen LogP contribution < -0.4 is 31.9 Å². The van der Waals surface area contributed by atoms with Crippen LogP contribution in [0.25, 0.3) is 0 Å². The van der Waals surface area contributed by atoms with Gasteiger partial charge in [-0.05, 0) is 257 Å². The molecule has 0 aromatic heterocycles. The minimum absolute atomic E-state index is 0. The Kier molecular flexibility index (Phi) is 65.9. The first-order valence-corrected chi connectivity index (χ1v) is 45.5. The Balaban J connectivity index is 0.00000128. The molecule has 0 radical (unpaired) electrons. The maximum Gasteiger partial charge on any atom is 6.00 e. The number of thiocarbonyl (C=S) groups is 6. The molecule has 600 valence electrons. The monoisotopic (exact) mass is 1780 g/mol. The summed E-state index contributed by atoms with van der Waals surface area (Å²) < 4.78 is 2.59. The topological polar surface area (TPSA) is 72.2 Å². The van der Waals surface area contributed by atoms with Gasteiger partial charge in [-0.15, -0.1) is 0 Å². The smallest absolute Gasteiger partial charge is 0.411 e. The fraction of sp³-hybridized carbons (Fsp3) is 0.533. The van der Waals surface area contributed by atoms with E-state index in [1.807, 2.05) is 0 Å². The van der Waals surface area contributed by atoms with E-state index in [2.05, 4.69) is 224 Å². The molecule has 6 aromatic rings. The summed E-state index contributed by atoms with van der Waals surface area (Å²) in [5, 5.41) is 18.9. The number of benzene rings is 6. The second kappa shape index (κ2) is 67.9. The van der Waals surface area contributed by atoms with Crippen LogP contribution in [0.15, 0.2) is 109 Å². The largest absolute Gasteiger partial charge is 6.00 e. The van der Waals surface area contributed by atoms with Crippen LogP contribution in [0, 0.1) is 0 Å². The van der Waals surface area contributed by atoms with E-state index in [4.69, 9.17) is 149 Å². The number of hydrogen-bond acceptors (Lipinski definition) is 12. The Morgan fingerprint density at radius 2 is 0.312 bits per heavy atom. The third kappa shape index (κ3) is 47.3. The van der Waals surface area contributed by atoms with Crippen molar-refractivity contribution in [2.75, 3.05) is 31.9 Å². The van der Waals surface area contributed by atoms with E-state index < -0.39 is 0 Å². The zero-order valence-corrected chi connectivity index (χ0v) is 80.0. The molecular weight excluding hydrogens is 1650 g/mol. The predicted molar refractivity (Wildman–Crippen MR) is 524 cm³/mol. The molecule has 0 aliphatic carbocycles. The second-order valence-corrected chi connectivity index (χ2v) is 33.8. The van der Waals surface area contributed by atoms with Crippen LogP contribution in [0.4, 0.5) is 34.1 Å². The number of unbranched alkanes of at least 4 members (excludes halogenated alkanes) is 12. The summed E-state index contributed by atoms with van der Waals surface area (Å²) in [5.41, 5.74) is 23.7. The van der Waals surface area contributed by atoms with Crippen molar-refractivity contribution in [1.29, 1.82) is 0 Å². The molecule has 0 unspecified atom stereocenters. The minimum atomic E-state index is 0. The SMILES string of the molecule is CCCCc1cccc(NC(=S)[S-])c1CCCC.CCCCc1cccc(NC(=S)[S-])c1CCCC.CCCCc1cccc(NC(=S)[S-])c1CCCC.CCCCc1cccc(NC(=S)[S-])c1CCCC.CCCCc1cccc(NC(=S)[S-])c1CCCC.CCCCc1cccc(NC(=S)[S-])c1CCCC.[Mo+6]. The summed E-state index contributed by atoms with van der Waals surface area (Å²) in [4.78, 5) is 0. The maximum atomic E-state index is 4.98. The number of hydrogen-bond donors (Lipinski definition) is 6. The van der Waals surface area contributed by atoms with E-state index in [1.165, 1.54) is 221 Å². The molecule has 109 heavy (non-hydrogen) atoms. The maximum absolute atomic E-state index is 4.98. The van der Waals surface area contributed by atoms with Gasteiger partial charge in [-0.1, -0.05) is 259 Å². The summed E-state index contributed by atoms with van der Waals surface area (Å²) in [7, 11) is 0. The van der Waals surface area contributed by atoms with Crippen LogP contribution in [0.5, 0.6) is 0 Å². The van der Waals surface area contributed by atoms with Crippen LogP contribution in [0.3, 0.4) is 0 Å². The van der Waals surface area contributed by atoms with Gasteiger partial charge in [-0.25, -0.2) is 0 Å². The van der Waals surface area contributed by atoms with Gasteiger partial charge in [0.15, 0.2) is 0 Å². The molecule has 0 aliphatic rings. The summed E-state index contributed by atoms with van der Waals surface area (Å²) in [5.74, 6) is 0. The van der Waals surface area contributed by atoms with Crippen molar-refractivity contribution in [2.45, 2.75) is 314 Å². The van der Waals surface area contributed by atoms with Crippen LogP contribution >= 0.6 is 73.3 Å². The molecule has 19 heteroatoms. The van der Waals surface area contributed by atoms with E-state index in [0.29, 0.717) is 25.9 Å².